The molecule has 2 aromatic carbocycles. The Morgan fingerprint density at radius 2 is 1.87 bits per heavy atom. The minimum atomic E-state index is 0.258. The molecule has 0 saturated carbocycles. The van der Waals surface area contributed by atoms with E-state index >= 15 is 0 Å². The largest absolute Gasteiger partial charge is 0.356 e. The third-order valence-corrected chi connectivity index (χ3v) is 5.81. The molecule has 0 radical (unpaired) electrons. The average Bonchev–Trinajstić information content (AvgIpc) is 3.13. The van der Waals surface area contributed by atoms with Gasteiger partial charge in [0.1, 0.15) is 0 Å². The van der Waals surface area contributed by atoms with Crippen molar-refractivity contribution in [2.24, 2.45) is 10.9 Å². The van der Waals surface area contributed by atoms with Crippen LogP contribution in [-0.4, -0.2) is 50.0 Å². The molecule has 30 heavy (non-hydrogen) atoms. The summed E-state index contributed by atoms with van der Waals surface area (Å²) in [5, 5.41) is 6.82. The topological polar surface area (TPSA) is 56.7 Å². The second-order valence-electron chi connectivity index (χ2n) is 8.29. The molecule has 1 heterocycles. The van der Waals surface area contributed by atoms with Gasteiger partial charge in [0.25, 0.3) is 0 Å². The van der Waals surface area contributed by atoms with Crippen LogP contribution in [0.5, 0.6) is 0 Å². The first-order valence-corrected chi connectivity index (χ1v) is 10.9. The Morgan fingerprint density at radius 1 is 1.13 bits per heavy atom. The molecule has 3 rings (SSSR count). The quantitative estimate of drug-likeness (QED) is 0.522. The Balaban J connectivity index is 1.40. The number of carbonyl (C=O) groups excluding carboxylic acids is 1. The van der Waals surface area contributed by atoms with Gasteiger partial charge in [-0.2, -0.15) is 0 Å². The molecule has 0 aliphatic carbocycles. The highest BCUT2D eigenvalue weighted by Gasteiger charge is 2.29. The summed E-state index contributed by atoms with van der Waals surface area (Å²) in [5.74, 6) is 1.77. The first-order chi connectivity index (χ1) is 14.5. The monoisotopic (exact) mass is 406 g/mol. The van der Waals surface area contributed by atoms with Crippen LogP contribution in [0.25, 0.3) is 0 Å². The van der Waals surface area contributed by atoms with Gasteiger partial charge in [0.2, 0.25) is 5.91 Å². The molecule has 0 bridgehead atoms. The lowest BCUT2D eigenvalue weighted by molar-refractivity contribution is -0.127. The number of benzene rings is 2. The van der Waals surface area contributed by atoms with Crippen molar-refractivity contribution >= 4 is 11.9 Å². The van der Waals surface area contributed by atoms with Crippen LogP contribution in [0.4, 0.5) is 0 Å². The Morgan fingerprint density at radius 3 is 2.57 bits per heavy atom. The van der Waals surface area contributed by atoms with Gasteiger partial charge in [0, 0.05) is 45.6 Å². The molecular weight excluding hydrogens is 372 g/mol. The van der Waals surface area contributed by atoms with Crippen LogP contribution in [0.2, 0.25) is 0 Å². The van der Waals surface area contributed by atoms with E-state index in [1.807, 2.05) is 23.1 Å². The molecule has 1 aliphatic heterocycles. The second kappa shape index (κ2) is 10.8. The highest BCUT2D eigenvalue weighted by molar-refractivity contribution is 5.80. The third-order valence-electron chi connectivity index (χ3n) is 5.81. The van der Waals surface area contributed by atoms with E-state index in [4.69, 9.17) is 0 Å². The van der Waals surface area contributed by atoms with Crippen molar-refractivity contribution in [2.45, 2.75) is 32.6 Å². The molecule has 1 saturated heterocycles. The van der Waals surface area contributed by atoms with E-state index in [0.29, 0.717) is 18.3 Å². The lowest BCUT2D eigenvalue weighted by Gasteiger charge is -2.19. The SMILES string of the molecule is CN=C(NCC1CC(=O)N(CCc2ccccc2)C1)NCC(C)c1ccc(C)cc1. The van der Waals surface area contributed by atoms with E-state index in [0.717, 1.165) is 38.6 Å². The summed E-state index contributed by atoms with van der Waals surface area (Å²) in [4.78, 5) is 18.7. The summed E-state index contributed by atoms with van der Waals surface area (Å²) in [6, 6.07) is 19.0. The van der Waals surface area contributed by atoms with Crippen molar-refractivity contribution in [1.29, 1.82) is 0 Å². The fourth-order valence-electron chi connectivity index (χ4n) is 3.84. The first-order valence-electron chi connectivity index (χ1n) is 10.9. The van der Waals surface area contributed by atoms with Crippen LogP contribution < -0.4 is 10.6 Å². The predicted octanol–water partition coefficient (Wildman–Crippen LogP) is 3.35. The van der Waals surface area contributed by atoms with Gasteiger partial charge in [0.05, 0.1) is 0 Å². The van der Waals surface area contributed by atoms with Crippen LogP contribution in [0.1, 0.15) is 36.0 Å². The van der Waals surface area contributed by atoms with Crippen molar-refractivity contribution in [3.8, 4) is 0 Å². The summed E-state index contributed by atoms with van der Waals surface area (Å²) in [6.07, 6.45) is 1.52. The standard InChI is InChI=1S/C25H34N4O/c1-19-9-11-23(12-10-19)20(2)16-27-25(26-3)28-17-22-15-24(30)29(18-22)14-13-21-7-5-4-6-8-21/h4-12,20,22H,13-18H2,1-3H3,(H2,26,27,28). The van der Waals surface area contributed by atoms with Crippen molar-refractivity contribution in [2.75, 3.05) is 33.2 Å². The van der Waals surface area contributed by atoms with Gasteiger partial charge in [-0.25, -0.2) is 0 Å². The molecule has 1 aliphatic rings. The maximum Gasteiger partial charge on any atom is 0.223 e. The summed E-state index contributed by atoms with van der Waals surface area (Å²) < 4.78 is 0. The Bertz CT molecular complexity index is 832. The summed E-state index contributed by atoms with van der Waals surface area (Å²) in [6.45, 7) is 7.50. The average molecular weight is 407 g/mol. The van der Waals surface area contributed by atoms with Gasteiger partial charge in [-0.3, -0.25) is 9.79 Å². The van der Waals surface area contributed by atoms with Gasteiger partial charge >= 0.3 is 0 Å². The molecule has 0 spiro atoms. The number of amides is 1. The number of hydrogen-bond donors (Lipinski definition) is 2. The molecule has 2 unspecified atom stereocenters. The molecule has 2 aromatic rings. The van der Waals surface area contributed by atoms with E-state index in [-0.39, 0.29) is 5.91 Å². The lowest BCUT2D eigenvalue weighted by Crippen LogP contribution is -2.41. The zero-order valence-electron chi connectivity index (χ0n) is 18.4. The minimum absolute atomic E-state index is 0.258. The number of aliphatic imine (C=N–C) groups is 1. The number of rotatable bonds is 8. The van der Waals surface area contributed by atoms with Crippen molar-refractivity contribution in [3.05, 3.63) is 71.3 Å². The molecule has 1 fully saturated rings. The van der Waals surface area contributed by atoms with E-state index in [1.54, 1.807) is 7.05 Å². The van der Waals surface area contributed by atoms with Crippen LogP contribution >= 0.6 is 0 Å². The summed E-state index contributed by atoms with van der Waals surface area (Å²) in [5.41, 5.74) is 3.87. The molecular formula is C25H34N4O. The number of aryl methyl sites for hydroxylation is 1. The number of nitrogens with one attached hydrogen (secondary N) is 2. The van der Waals surface area contributed by atoms with Crippen LogP contribution in [0, 0.1) is 12.8 Å². The maximum atomic E-state index is 12.4. The number of hydrogen-bond acceptors (Lipinski definition) is 2. The number of carbonyl (C=O) groups is 1. The molecule has 5 heteroatoms. The van der Waals surface area contributed by atoms with Gasteiger partial charge in [0.15, 0.2) is 5.96 Å². The molecule has 1 amide bonds. The van der Waals surface area contributed by atoms with Gasteiger partial charge in [-0.15, -0.1) is 0 Å². The van der Waals surface area contributed by atoms with Gasteiger partial charge in [-0.1, -0.05) is 67.1 Å². The highest BCUT2D eigenvalue weighted by atomic mass is 16.2. The van der Waals surface area contributed by atoms with Crippen LogP contribution in [0.3, 0.4) is 0 Å². The van der Waals surface area contributed by atoms with Crippen LogP contribution in [0.15, 0.2) is 59.6 Å². The highest BCUT2D eigenvalue weighted by Crippen LogP contribution is 2.18. The Labute approximate surface area is 180 Å². The Kier molecular flexibility index (Phi) is 7.89. The minimum Gasteiger partial charge on any atom is -0.356 e. The van der Waals surface area contributed by atoms with Gasteiger partial charge in [-0.05, 0) is 30.4 Å². The molecule has 160 valence electrons. The maximum absolute atomic E-state index is 12.4. The first kappa shape index (κ1) is 21.9. The van der Waals surface area contributed by atoms with E-state index in [2.05, 4.69) is 65.9 Å². The zero-order valence-corrected chi connectivity index (χ0v) is 18.4. The van der Waals surface area contributed by atoms with Crippen molar-refractivity contribution in [3.63, 3.8) is 0 Å². The van der Waals surface area contributed by atoms with Crippen molar-refractivity contribution in [1.82, 2.24) is 15.5 Å². The lowest BCUT2D eigenvalue weighted by atomic mass is 10.0. The fourth-order valence-corrected chi connectivity index (χ4v) is 3.84. The Hall–Kier alpha value is -2.82. The van der Waals surface area contributed by atoms with Crippen molar-refractivity contribution < 1.29 is 4.79 Å². The second-order valence-corrected chi connectivity index (χ2v) is 8.29. The summed E-state index contributed by atoms with van der Waals surface area (Å²) in [7, 11) is 1.79. The number of likely N-dealkylation sites (tertiary alicyclic amines) is 1. The fraction of sp³-hybridized carbons (Fsp3) is 0.440. The molecule has 5 nitrogen and oxygen atoms in total. The van der Waals surface area contributed by atoms with E-state index < -0.39 is 0 Å². The molecule has 0 aromatic heterocycles. The third kappa shape index (κ3) is 6.34. The normalized spacial score (nSPS) is 17.8. The zero-order chi connectivity index (χ0) is 21.3. The van der Waals surface area contributed by atoms with Gasteiger partial charge < -0.3 is 15.5 Å². The molecule has 2 N–H and O–H groups in total. The number of guanidine groups is 1. The molecule has 2 atom stereocenters. The van der Waals surface area contributed by atoms with E-state index in [9.17, 15) is 4.79 Å². The van der Waals surface area contributed by atoms with E-state index in [1.165, 1.54) is 16.7 Å². The smallest absolute Gasteiger partial charge is 0.223 e. The summed E-state index contributed by atoms with van der Waals surface area (Å²) >= 11 is 0. The van der Waals surface area contributed by atoms with Crippen LogP contribution in [-0.2, 0) is 11.2 Å². The number of nitrogens with zero attached hydrogens (tertiary/aromatic N) is 2. The predicted molar refractivity (Wildman–Crippen MR) is 124 cm³/mol.